The number of ether oxygens (including phenoxy) is 1. The number of nitrogens with zero attached hydrogens (tertiary/aromatic N) is 4. The minimum atomic E-state index is -0.138. The highest BCUT2D eigenvalue weighted by Crippen LogP contribution is 2.31. The van der Waals surface area contributed by atoms with Crippen LogP contribution in [0, 0.1) is 0 Å². The largest absolute Gasteiger partial charge is 0.481 e. The molecular formula is C20H21N5O2S. The lowest BCUT2D eigenvalue weighted by Gasteiger charge is -2.39. The number of amides is 1. The van der Waals surface area contributed by atoms with Gasteiger partial charge in [0.25, 0.3) is 5.91 Å². The van der Waals surface area contributed by atoms with Gasteiger partial charge in [0.2, 0.25) is 0 Å². The van der Waals surface area contributed by atoms with E-state index in [9.17, 15) is 4.79 Å². The summed E-state index contributed by atoms with van der Waals surface area (Å²) in [7, 11) is 0. The third kappa shape index (κ3) is 3.18. The molecule has 7 nitrogen and oxygen atoms in total. The van der Waals surface area contributed by atoms with Gasteiger partial charge < -0.3 is 15.0 Å². The van der Waals surface area contributed by atoms with E-state index >= 15 is 0 Å². The van der Waals surface area contributed by atoms with Crippen LogP contribution in [0.4, 0.5) is 11.5 Å². The van der Waals surface area contributed by atoms with Gasteiger partial charge in [-0.1, -0.05) is 6.07 Å². The van der Waals surface area contributed by atoms with Gasteiger partial charge in [-0.3, -0.25) is 9.69 Å². The molecule has 4 heterocycles. The summed E-state index contributed by atoms with van der Waals surface area (Å²) < 4.78 is 6.75. The number of nitrogens with one attached hydrogen (secondary N) is 1. The molecule has 3 aromatic rings. The average Bonchev–Trinajstić information content (AvgIpc) is 3.21. The van der Waals surface area contributed by atoms with Gasteiger partial charge in [0.1, 0.15) is 17.3 Å². The van der Waals surface area contributed by atoms with E-state index in [-0.39, 0.29) is 12.5 Å². The quantitative estimate of drug-likeness (QED) is 0.735. The maximum absolute atomic E-state index is 11.4. The lowest BCUT2D eigenvalue weighted by molar-refractivity contribution is -0.118. The molecule has 1 saturated heterocycles. The molecular weight excluding hydrogens is 374 g/mol. The molecule has 1 unspecified atom stereocenters. The molecule has 0 aliphatic carbocycles. The number of hydrogen-bond acceptors (Lipinski definition) is 7. The number of thiazole rings is 1. The highest BCUT2D eigenvalue weighted by molar-refractivity contribution is 7.16. The second-order valence-electron chi connectivity index (χ2n) is 7.15. The minimum Gasteiger partial charge on any atom is -0.481 e. The highest BCUT2D eigenvalue weighted by Gasteiger charge is 2.24. The highest BCUT2D eigenvalue weighted by atomic mass is 32.1. The molecule has 1 amide bonds. The summed E-state index contributed by atoms with van der Waals surface area (Å²) in [6, 6.07) is 8.87. The van der Waals surface area contributed by atoms with E-state index in [1.165, 1.54) is 10.3 Å². The van der Waals surface area contributed by atoms with Crippen molar-refractivity contribution in [3.63, 3.8) is 0 Å². The fourth-order valence-corrected chi connectivity index (χ4v) is 4.49. The van der Waals surface area contributed by atoms with E-state index in [1.807, 2.05) is 11.6 Å². The topological polar surface area (TPSA) is 70.6 Å². The Morgan fingerprint density at radius 2 is 2.04 bits per heavy atom. The van der Waals surface area contributed by atoms with E-state index in [2.05, 4.69) is 50.2 Å². The summed E-state index contributed by atoms with van der Waals surface area (Å²) in [5.74, 6) is 1.45. The van der Waals surface area contributed by atoms with Crippen LogP contribution in [-0.2, 0) is 4.79 Å². The van der Waals surface area contributed by atoms with Gasteiger partial charge in [0, 0.05) is 38.3 Å². The zero-order valence-corrected chi connectivity index (χ0v) is 16.4. The van der Waals surface area contributed by atoms with Crippen LogP contribution in [0.15, 0.2) is 36.0 Å². The number of hydrogen-bond donors (Lipinski definition) is 1. The van der Waals surface area contributed by atoms with Crippen LogP contribution < -0.4 is 15.0 Å². The van der Waals surface area contributed by atoms with Crippen LogP contribution in [-0.4, -0.2) is 53.6 Å². The maximum Gasteiger partial charge on any atom is 0.262 e. The van der Waals surface area contributed by atoms with Gasteiger partial charge >= 0.3 is 0 Å². The van der Waals surface area contributed by atoms with Crippen LogP contribution in [0.2, 0.25) is 0 Å². The van der Waals surface area contributed by atoms with Gasteiger partial charge in [-0.15, -0.1) is 11.3 Å². The zero-order valence-electron chi connectivity index (χ0n) is 15.6. The van der Waals surface area contributed by atoms with Crippen molar-refractivity contribution in [1.82, 2.24) is 14.9 Å². The number of fused-ring (bicyclic) bond motifs is 2. The number of rotatable bonds is 3. The first-order chi connectivity index (χ1) is 13.7. The molecule has 2 aliphatic rings. The Morgan fingerprint density at radius 3 is 2.89 bits per heavy atom. The Morgan fingerprint density at radius 1 is 1.18 bits per heavy atom. The molecule has 0 bridgehead atoms. The molecule has 1 atom stereocenters. The smallest absolute Gasteiger partial charge is 0.262 e. The fourth-order valence-electron chi connectivity index (χ4n) is 3.83. The molecule has 1 fully saturated rings. The Kier molecular flexibility index (Phi) is 4.37. The van der Waals surface area contributed by atoms with Crippen molar-refractivity contribution in [1.29, 1.82) is 0 Å². The van der Waals surface area contributed by atoms with E-state index in [4.69, 9.17) is 4.74 Å². The summed E-state index contributed by atoms with van der Waals surface area (Å²) >= 11 is 1.68. The molecule has 8 heteroatoms. The lowest BCUT2D eigenvalue weighted by atomic mass is 10.1. The minimum absolute atomic E-state index is 0.0606. The predicted molar refractivity (Wildman–Crippen MR) is 110 cm³/mol. The first kappa shape index (κ1) is 17.4. The molecule has 2 aromatic heterocycles. The summed E-state index contributed by atoms with van der Waals surface area (Å²) in [5.41, 5.74) is 4.93. The van der Waals surface area contributed by atoms with Gasteiger partial charge in [-0.05, 0) is 24.6 Å². The van der Waals surface area contributed by atoms with Crippen molar-refractivity contribution >= 4 is 39.0 Å². The van der Waals surface area contributed by atoms with Crippen molar-refractivity contribution in [2.45, 2.75) is 13.0 Å². The lowest BCUT2D eigenvalue weighted by Crippen LogP contribution is -2.47. The van der Waals surface area contributed by atoms with E-state index in [1.54, 1.807) is 17.5 Å². The number of pyridine rings is 1. The SMILES string of the molecule is CC(c1ccc2scnc2c1)N1CCN(c2cc3c(cn2)NC(=O)CO3)CC1. The summed E-state index contributed by atoms with van der Waals surface area (Å²) in [5, 5.41) is 2.78. The number of aromatic nitrogens is 2. The summed E-state index contributed by atoms with van der Waals surface area (Å²) in [6.07, 6.45) is 1.68. The van der Waals surface area contributed by atoms with Crippen LogP contribution in [0.5, 0.6) is 5.75 Å². The van der Waals surface area contributed by atoms with Crippen molar-refractivity contribution in [2.75, 3.05) is 43.0 Å². The molecule has 2 aliphatic heterocycles. The van der Waals surface area contributed by atoms with Crippen molar-refractivity contribution in [3.05, 3.63) is 41.5 Å². The fraction of sp³-hybridized carbons (Fsp3) is 0.350. The number of piperazine rings is 1. The molecule has 28 heavy (non-hydrogen) atoms. The Balaban J connectivity index is 1.26. The number of anilines is 2. The van der Waals surface area contributed by atoms with Crippen LogP contribution in [0.25, 0.3) is 10.2 Å². The van der Waals surface area contributed by atoms with Crippen molar-refractivity contribution < 1.29 is 9.53 Å². The first-order valence-corrected chi connectivity index (χ1v) is 10.3. The zero-order chi connectivity index (χ0) is 19.1. The van der Waals surface area contributed by atoms with Gasteiger partial charge in [0.15, 0.2) is 6.61 Å². The molecule has 1 N–H and O–H groups in total. The van der Waals surface area contributed by atoms with Crippen molar-refractivity contribution in [3.8, 4) is 5.75 Å². The Labute approximate surface area is 167 Å². The predicted octanol–water partition coefficient (Wildman–Crippen LogP) is 2.91. The number of benzene rings is 1. The second kappa shape index (κ2) is 7.03. The Hall–Kier alpha value is -2.71. The van der Waals surface area contributed by atoms with Gasteiger partial charge in [0.05, 0.1) is 21.9 Å². The third-order valence-corrected chi connectivity index (χ3v) is 6.32. The first-order valence-electron chi connectivity index (χ1n) is 9.42. The summed E-state index contributed by atoms with van der Waals surface area (Å²) in [6.45, 7) is 6.06. The number of carbonyl (C=O) groups is 1. The molecule has 0 radical (unpaired) electrons. The van der Waals surface area contributed by atoms with E-state index in [0.29, 0.717) is 17.5 Å². The molecule has 0 spiro atoms. The Bertz CT molecular complexity index is 1030. The van der Waals surface area contributed by atoms with E-state index in [0.717, 1.165) is 37.5 Å². The van der Waals surface area contributed by atoms with E-state index < -0.39 is 0 Å². The molecule has 1 aromatic carbocycles. The third-order valence-electron chi connectivity index (χ3n) is 5.51. The average molecular weight is 395 g/mol. The van der Waals surface area contributed by atoms with Crippen LogP contribution in [0.3, 0.4) is 0 Å². The molecule has 5 rings (SSSR count). The molecule has 144 valence electrons. The molecule has 0 saturated carbocycles. The normalized spacial score (nSPS) is 18.5. The summed E-state index contributed by atoms with van der Waals surface area (Å²) in [4.78, 5) is 25.1. The second-order valence-corrected chi connectivity index (χ2v) is 8.04. The van der Waals surface area contributed by atoms with Crippen LogP contribution >= 0.6 is 11.3 Å². The van der Waals surface area contributed by atoms with Crippen LogP contribution in [0.1, 0.15) is 18.5 Å². The van der Waals surface area contributed by atoms with Gasteiger partial charge in [-0.2, -0.15) is 0 Å². The number of carbonyl (C=O) groups excluding carboxylic acids is 1. The van der Waals surface area contributed by atoms with Crippen molar-refractivity contribution in [2.24, 2.45) is 0 Å². The monoisotopic (exact) mass is 395 g/mol. The standard InChI is InChI=1S/C20H21N5O2S/c1-13(14-2-3-18-15(8-14)22-12-28-18)24-4-6-25(7-5-24)19-9-17-16(10-21-19)23-20(26)11-27-17/h2-3,8-10,12-13H,4-7,11H2,1H3,(H,23,26). The maximum atomic E-state index is 11.4. The van der Waals surface area contributed by atoms with Gasteiger partial charge in [-0.25, -0.2) is 9.97 Å².